The fourth-order valence-corrected chi connectivity index (χ4v) is 4.52. The molecule has 1 aliphatic rings. The normalized spacial score (nSPS) is 15.7. The van der Waals surface area contributed by atoms with Crippen LogP contribution in [0, 0.1) is 11.2 Å². The molecule has 3 rings (SSSR count). The highest BCUT2D eigenvalue weighted by atomic mass is 19.4. The van der Waals surface area contributed by atoms with E-state index in [1.165, 1.54) is 0 Å². The van der Waals surface area contributed by atoms with Gasteiger partial charge in [0.05, 0.1) is 29.2 Å². The van der Waals surface area contributed by atoms with E-state index in [-0.39, 0.29) is 28.2 Å². The Bertz CT molecular complexity index is 958. The maximum Gasteiger partial charge on any atom is 0.416 e. The minimum absolute atomic E-state index is 0.00756. The molecule has 0 aliphatic heterocycles. The second-order valence-corrected chi connectivity index (χ2v) is 9.02. The van der Waals surface area contributed by atoms with Gasteiger partial charge in [-0.1, -0.05) is 26.2 Å². The number of nitrogens with zero attached hydrogens (tertiary/aromatic N) is 2. The standard InChI is InChI=1S/C24H32F4N4O/c1-3-4-9-33-15-23(7-5-6-8-23)14-32(2)20-13-19(31-22(30)21(20)29)16-10-17(24(26,27)28)12-18(25)11-16/h10-13H,3-9,14-15,29H2,1-2H3,(H2,30,31). The van der Waals surface area contributed by atoms with Gasteiger partial charge in [-0.15, -0.1) is 0 Å². The Morgan fingerprint density at radius 3 is 2.45 bits per heavy atom. The van der Waals surface area contributed by atoms with E-state index in [1.54, 1.807) is 6.07 Å². The predicted octanol–water partition coefficient (Wildman–Crippen LogP) is 5.88. The van der Waals surface area contributed by atoms with Crippen LogP contribution in [0.15, 0.2) is 24.3 Å². The third-order valence-corrected chi connectivity index (χ3v) is 6.29. The first-order valence-electron chi connectivity index (χ1n) is 11.3. The number of anilines is 3. The number of hydrogen-bond donors (Lipinski definition) is 2. The molecule has 0 atom stereocenters. The largest absolute Gasteiger partial charge is 0.416 e. The van der Waals surface area contributed by atoms with E-state index < -0.39 is 17.6 Å². The number of ether oxygens (including phenoxy) is 1. The quantitative estimate of drug-likeness (QED) is 0.355. The molecular formula is C24H32F4N4O. The summed E-state index contributed by atoms with van der Waals surface area (Å²) >= 11 is 0. The van der Waals surface area contributed by atoms with Crippen molar-refractivity contribution in [2.24, 2.45) is 5.41 Å². The molecule has 0 amide bonds. The minimum atomic E-state index is -4.68. The van der Waals surface area contributed by atoms with Crippen LogP contribution in [0.2, 0.25) is 0 Å². The molecule has 0 radical (unpaired) electrons. The van der Waals surface area contributed by atoms with Crippen LogP contribution in [-0.4, -0.2) is 31.8 Å². The minimum Gasteiger partial charge on any atom is -0.394 e. The zero-order valence-corrected chi connectivity index (χ0v) is 19.1. The van der Waals surface area contributed by atoms with Crippen LogP contribution >= 0.6 is 0 Å². The van der Waals surface area contributed by atoms with Gasteiger partial charge in [-0.05, 0) is 43.5 Å². The number of pyridine rings is 1. The summed E-state index contributed by atoms with van der Waals surface area (Å²) in [6.07, 6.45) is 1.68. The summed E-state index contributed by atoms with van der Waals surface area (Å²) < 4.78 is 59.5. The Labute approximate surface area is 192 Å². The summed E-state index contributed by atoms with van der Waals surface area (Å²) in [4.78, 5) is 6.09. The lowest BCUT2D eigenvalue weighted by Gasteiger charge is -2.35. The number of halogens is 4. The first kappa shape index (κ1) is 25.1. The van der Waals surface area contributed by atoms with E-state index in [9.17, 15) is 17.6 Å². The highest BCUT2D eigenvalue weighted by Crippen LogP contribution is 2.42. The van der Waals surface area contributed by atoms with Crippen molar-refractivity contribution >= 4 is 17.2 Å². The van der Waals surface area contributed by atoms with Gasteiger partial charge in [0, 0.05) is 31.2 Å². The van der Waals surface area contributed by atoms with Gasteiger partial charge in [0.25, 0.3) is 0 Å². The Morgan fingerprint density at radius 2 is 1.82 bits per heavy atom. The topological polar surface area (TPSA) is 77.4 Å². The van der Waals surface area contributed by atoms with Crippen LogP contribution in [0.1, 0.15) is 51.0 Å². The lowest BCUT2D eigenvalue weighted by molar-refractivity contribution is -0.137. The average molecular weight is 469 g/mol. The molecule has 182 valence electrons. The fraction of sp³-hybridized carbons (Fsp3) is 0.542. The van der Waals surface area contributed by atoms with Gasteiger partial charge in [-0.2, -0.15) is 13.2 Å². The Balaban J connectivity index is 1.90. The first-order valence-corrected chi connectivity index (χ1v) is 11.3. The maximum atomic E-state index is 14.0. The molecule has 1 aromatic heterocycles. The van der Waals surface area contributed by atoms with Gasteiger partial charge >= 0.3 is 6.18 Å². The molecule has 9 heteroatoms. The highest BCUT2D eigenvalue weighted by Gasteiger charge is 2.36. The molecule has 0 saturated heterocycles. The number of benzene rings is 1. The second kappa shape index (κ2) is 10.2. The zero-order chi connectivity index (χ0) is 24.2. The number of rotatable bonds is 9. The molecule has 1 aliphatic carbocycles. The van der Waals surface area contributed by atoms with Crippen molar-refractivity contribution in [3.05, 3.63) is 35.6 Å². The zero-order valence-electron chi connectivity index (χ0n) is 19.1. The summed E-state index contributed by atoms with van der Waals surface area (Å²) in [6, 6.07) is 3.91. The van der Waals surface area contributed by atoms with Gasteiger partial charge < -0.3 is 21.1 Å². The molecule has 1 heterocycles. The molecule has 0 bridgehead atoms. The SMILES string of the molecule is CCCCOCC1(CN(C)c2cc(-c3cc(F)cc(C(F)(F)F)c3)nc(N)c2N)CCCC1. The first-order chi connectivity index (χ1) is 15.5. The molecule has 2 aromatic rings. The molecule has 33 heavy (non-hydrogen) atoms. The smallest absolute Gasteiger partial charge is 0.394 e. The highest BCUT2D eigenvalue weighted by molar-refractivity contribution is 5.82. The van der Waals surface area contributed by atoms with Crippen molar-refractivity contribution in [1.29, 1.82) is 0 Å². The van der Waals surface area contributed by atoms with Crippen LogP contribution < -0.4 is 16.4 Å². The maximum absolute atomic E-state index is 14.0. The Kier molecular flexibility index (Phi) is 7.72. The Hall–Kier alpha value is -2.55. The number of nitrogens with two attached hydrogens (primary N) is 2. The van der Waals surface area contributed by atoms with Crippen LogP contribution in [0.25, 0.3) is 11.3 Å². The van der Waals surface area contributed by atoms with Gasteiger partial charge in [0.2, 0.25) is 0 Å². The summed E-state index contributed by atoms with van der Waals surface area (Å²) in [7, 11) is 1.87. The monoisotopic (exact) mass is 468 g/mol. The lowest BCUT2D eigenvalue weighted by Crippen LogP contribution is -2.38. The van der Waals surface area contributed by atoms with Crippen molar-refractivity contribution in [2.45, 2.75) is 51.6 Å². The number of aromatic nitrogens is 1. The average Bonchev–Trinajstić information content (AvgIpc) is 3.20. The molecule has 1 fully saturated rings. The van der Waals surface area contributed by atoms with Gasteiger partial charge in [0.1, 0.15) is 11.6 Å². The Morgan fingerprint density at radius 1 is 1.12 bits per heavy atom. The second-order valence-electron chi connectivity index (χ2n) is 9.02. The fourth-order valence-electron chi connectivity index (χ4n) is 4.52. The van der Waals surface area contributed by atoms with Gasteiger partial charge in [0.15, 0.2) is 0 Å². The predicted molar refractivity (Wildman–Crippen MR) is 123 cm³/mol. The van der Waals surface area contributed by atoms with Gasteiger partial charge in [-0.3, -0.25) is 0 Å². The molecule has 0 unspecified atom stereocenters. The lowest BCUT2D eigenvalue weighted by atomic mass is 9.86. The molecule has 5 nitrogen and oxygen atoms in total. The number of hydrogen-bond acceptors (Lipinski definition) is 5. The summed E-state index contributed by atoms with van der Waals surface area (Å²) in [5.74, 6) is -1.01. The molecule has 0 spiro atoms. The van der Waals surface area contributed by atoms with Crippen LogP contribution in [0.5, 0.6) is 0 Å². The van der Waals surface area contributed by atoms with Gasteiger partial charge in [-0.25, -0.2) is 9.37 Å². The van der Waals surface area contributed by atoms with Crippen molar-refractivity contribution in [1.82, 2.24) is 4.98 Å². The van der Waals surface area contributed by atoms with E-state index in [0.717, 1.165) is 57.3 Å². The summed E-state index contributed by atoms with van der Waals surface area (Å²) in [5.41, 5.74) is 12.0. The third-order valence-electron chi connectivity index (χ3n) is 6.29. The van der Waals surface area contributed by atoms with E-state index >= 15 is 0 Å². The van der Waals surface area contributed by atoms with E-state index in [0.29, 0.717) is 24.9 Å². The van der Waals surface area contributed by atoms with Crippen LogP contribution in [-0.2, 0) is 10.9 Å². The van der Waals surface area contributed by atoms with E-state index in [4.69, 9.17) is 16.2 Å². The number of alkyl halides is 3. The van der Waals surface area contributed by atoms with Crippen LogP contribution in [0.4, 0.5) is 34.8 Å². The van der Waals surface area contributed by atoms with Crippen LogP contribution in [0.3, 0.4) is 0 Å². The van der Waals surface area contributed by atoms with E-state index in [1.807, 2.05) is 11.9 Å². The molecule has 1 saturated carbocycles. The van der Waals surface area contributed by atoms with Crippen molar-refractivity contribution in [3.8, 4) is 11.3 Å². The summed E-state index contributed by atoms with van der Waals surface area (Å²) in [5, 5.41) is 0. The third kappa shape index (κ3) is 6.07. The molecule has 4 N–H and O–H groups in total. The number of nitrogen functional groups attached to an aromatic ring is 2. The van der Waals surface area contributed by atoms with Crippen molar-refractivity contribution in [3.63, 3.8) is 0 Å². The summed E-state index contributed by atoms with van der Waals surface area (Å²) in [6.45, 7) is 4.14. The van der Waals surface area contributed by atoms with Crippen molar-refractivity contribution < 1.29 is 22.3 Å². The molecular weight excluding hydrogens is 436 g/mol. The van der Waals surface area contributed by atoms with E-state index in [2.05, 4.69) is 11.9 Å². The number of unbranched alkanes of at least 4 members (excludes halogenated alkanes) is 1. The van der Waals surface area contributed by atoms with Crippen molar-refractivity contribution in [2.75, 3.05) is 43.2 Å². The molecule has 1 aromatic carbocycles.